The van der Waals surface area contributed by atoms with Crippen LogP contribution in [-0.2, 0) is 0 Å². The first-order valence-electron chi connectivity index (χ1n) is 8.45. The number of aliphatic hydroxyl groups is 1. The summed E-state index contributed by atoms with van der Waals surface area (Å²) in [5.41, 5.74) is -0.941. The molecule has 0 unspecified atom stereocenters. The number of nitrogens with zero attached hydrogens (tertiary/aromatic N) is 1. The van der Waals surface area contributed by atoms with E-state index in [9.17, 15) is 18.7 Å². The van der Waals surface area contributed by atoms with Crippen LogP contribution in [0.1, 0.15) is 43.0 Å². The molecule has 6 heteroatoms. The van der Waals surface area contributed by atoms with Gasteiger partial charge in [0, 0.05) is 19.0 Å². The molecule has 1 heterocycles. The number of benzene rings is 1. The smallest absolute Gasteiger partial charge is 0.256 e. The summed E-state index contributed by atoms with van der Waals surface area (Å²) < 4.78 is 32.6. The lowest BCUT2D eigenvalue weighted by Gasteiger charge is -2.40. The highest BCUT2D eigenvalue weighted by molar-refractivity contribution is 5.95. The number of ether oxygens (including phenoxy) is 1. The van der Waals surface area contributed by atoms with E-state index in [1.54, 1.807) is 4.90 Å². The van der Waals surface area contributed by atoms with Crippen molar-refractivity contribution >= 4 is 5.91 Å². The lowest BCUT2D eigenvalue weighted by atomic mass is 9.69. The summed E-state index contributed by atoms with van der Waals surface area (Å²) >= 11 is 0. The van der Waals surface area contributed by atoms with Gasteiger partial charge in [0.15, 0.2) is 17.4 Å². The zero-order valence-electron chi connectivity index (χ0n) is 14.0. The standard InChI is InChI=1S/C18H23F2NO3/c1-3-18(23)8-4-5-11-9-21(10-13(11)18)17(22)12-6-7-14(19)16(24-2)15(12)20/h6-7,11,13,23H,3-5,8-10H2,1-2H3/t11-,13+,18-/m0/s1. The van der Waals surface area contributed by atoms with Gasteiger partial charge < -0.3 is 14.7 Å². The summed E-state index contributed by atoms with van der Waals surface area (Å²) in [5, 5.41) is 10.8. The number of amides is 1. The van der Waals surface area contributed by atoms with Crippen molar-refractivity contribution in [1.82, 2.24) is 4.90 Å². The van der Waals surface area contributed by atoms with Gasteiger partial charge in [0.05, 0.1) is 18.3 Å². The van der Waals surface area contributed by atoms with Gasteiger partial charge in [-0.3, -0.25) is 4.79 Å². The van der Waals surface area contributed by atoms with Gasteiger partial charge in [-0.25, -0.2) is 8.78 Å². The summed E-state index contributed by atoms with van der Waals surface area (Å²) in [6, 6.07) is 2.20. The number of carbonyl (C=O) groups is 1. The molecule has 1 aromatic rings. The Morgan fingerprint density at radius 2 is 2.17 bits per heavy atom. The minimum absolute atomic E-state index is 0.0191. The van der Waals surface area contributed by atoms with Crippen LogP contribution in [0, 0.1) is 23.5 Å². The molecule has 3 rings (SSSR count). The largest absolute Gasteiger partial charge is 0.491 e. The van der Waals surface area contributed by atoms with Crippen LogP contribution in [0.3, 0.4) is 0 Å². The fourth-order valence-electron chi connectivity index (χ4n) is 4.29. The van der Waals surface area contributed by atoms with Gasteiger partial charge in [-0.05, 0) is 37.3 Å². The minimum Gasteiger partial charge on any atom is -0.491 e. The van der Waals surface area contributed by atoms with E-state index in [0.717, 1.165) is 31.4 Å². The molecule has 132 valence electrons. The van der Waals surface area contributed by atoms with Gasteiger partial charge in [0.2, 0.25) is 0 Å². The van der Waals surface area contributed by atoms with Crippen LogP contribution in [0.2, 0.25) is 0 Å². The van der Waals surface area contributed by atoms with Crippen LogP contribution in [0.25, 0.3) is 0 Å². The Morgan fingerprint density at radius 3 is 2.83 bits per heavy atom. The van der Waals surface area contributed by atoms with Crippen molar-refractivity contribution < 1.29 is 23.4 Å². The molecule has 2 fully saturated rings. The van der Waals surface area contributed by atoms with Crippen LogP contribution in [-0.4, -0.2) is 41.7 Å². The highest BCUT2D eigenvalue weighted by atomic mass is 19.1. The number of fused-ring (bicyclic) bond motifs is 1. The number of hydrogen-bond acceptors (Lipinski definition) is 3. The lowest BCUT2D eigenvalue weighted by Crippen LogP contribution is -2.44. The average Bonchev–Trinajstić information content (AvgIpc) is 3.01. The summed E-state index contributed by atoms with van der Waals surface area (Å²) in [4.78, 5) is 14.3. The molecule has 1 aliphatic carbocycles. The zero-order valence-corrected chi connectivity index (χ0v) is 14.0. The molecular weight excluding hydrogens is 316 g/mol. The van der Waals surface area contributed by atoms with Crippen LogP contribution < -0.4 is 4.74 Å². The van der Waals surface area contributed by atoms with E-state index in [1.807, 2.05) is 6.92 Å². The van der Waals surface area contributed by atoms with Gasteiger partial charge in [0.1, 0.15) is 0 Å². The molecule has 1 amide bonds. The van der Waals surface area contributed by atoms with Gasteiger partial charge >= 0.3 is 0 Å². The molecule has 1 aromatic carbocycles. The molecule has 3 atom stereocenters. The topological polar surface area (TPSA) is 49.8 Å². The molecule has 0 spiro atoms. The van der Waals surface area contributed by atoms with Crippen molar-refractivity contribution in [2.75, 3.05) is 20.2 Å². The molecule has 1 saturated carbocycles. The van der Waals surface area contributed by atoms with Gasteiger partial charge in [0.25, 0.3) is 5.91 Å². The molecule has 0 bridgehead atoms. The molecule has 2 aliphatic rings. The molecule has 0 radical (unpaired) electrons. The molecule has 24 heavy (non-hydrogen) atoms. The second kappa shape index (κ2) is 6.31. The number of methoxy groups -OCH3 is 1. The Balaban J connectivity index is 1.85. The van der Waals surface area contributed by atoms with Crippen molar-refractivity contribution in [2.24, 2.45) is 11.8 Å². The first kappa shape index (κ1) is 17.1. The summed E-state index contributed by atoms with van der Waals surface area (Å²) in [6.45, 7) is 2.87. The maximum Gasteiger partial charge on any atom is 0.256 e. The second-order valence-electron chi connectivity index (χ2n) is 6.87. The summed E-state index contributed by atoms with van der Waals surface area (Å²) in [6.07, 6.45) is 3.29. The number of likely N-dealkylation sites (tertiary alicyclic amines) is 1. The monoisotopic (exact) mass is 339 g/mol. The van der Waals surface area contributed by atoms with Crippen LogP contribution in [0.5, 0.6) is 5.75 Å². The first-order valence-corrected chi connectivity index (χ1v) is 8.45. The van der Waals surface area contributed by atoms with Crippen molar-refractivity contribution in [1.29, 1.82) is 0 Å². The van der Waals surface area contributed by atoms with E-state index in [4.69, 9.17) is 4.74 Å². The van der Waals surface area contributed by atoms with Crippen molar-refractivity contribution in [3.8, 4) is 5.75 Å². The fraction of sp³-hybridized carbons (Fsp3) is 0.611. The van der Waals surface area contributed by atoms with Crippen molar-refractivity contribution in [3.63, 3.8) is 0 Å². The number of rotatable bonds is 3. The molecule has 1 N–H and O–H groups in total. The number of halogens is 2. The second-order valence-corrected chi connectivity index (χ2v) is 6.87. The average molecular weight is 339 g/mol. The fourth-order valence-corrected chi connectivity index (χ4v) is 4.29. The highest BCUT2D eigenvalue weighted by Crippen LogP contribution is 2.44. The van der Waals surface area contributed by atoms with Gasteiger partial charge in [-0.15, -0.1) is 0 Å². The Labute approximate surface area is 140 Å². The third kappa shape index (κ3) is 2.66. The van der Waals surface area contributed by atoms with Crippen LogP contribution >= 0.6 is 0 Å². The number of carbonyl (C=O) groups excluding carboxylic acids is 1. The molecular formula is C18H23F2NO3. The van der Waals surface area contributed by atoms with E-state index in [0.29, 0.717) is 19.5 Å². The highest BCUT2D eigenvalue weighted by Gasteiger charge is 2.49. The van der Waals surface area contributed by atoms with Crippen molar-refractivity contribution in [3.05, 3.63) is 29.3 Å². The third-order valence-electron chi connectivity index (χ3n) is 5.70. The van der Waals surface area contributed by atoms with Crippen molar-refractivity contribution in [2.45, 2.75) is 38.2 Å². The molecule has 1 saturated heterocycles. The van der Waals surface area contributed by atoms with E-state index >= 15 is 0 Å². The third-order valence-corrected chi connectivity index (χ3v) is 5.70. The summed E-state index contributed by atoms with van der Waals surface area (Å²) in [7, 11) is 1.17. The van der Waals surface area contributed by atoms with E-state index in [1.165, 1.54) is 7.11 Å². The molecule has 4 nitrogen and oxygen atoms in total. The normalized spacial score (nSPS) is 29.5. The first-order chi connectivity index (χ1) is 11.4. The molecule has 1 aliphatic heterocycles. The SMILES string of the molecule is CC[C@]1(O)CCC[C@H]2CN(C(=O)c3ccc(F)c(OC)c3F)C[C@H]21. The Morgan fingerprint density at radius 1 is 1.42 bits per heavy atom. The van der Waals surface area contributed by atoms with Crippen LogP contribution in [0.4, 0.5) is 8.78 Å². The predicted molar refractivity (Wildman–Crippen MR) is 84.9 cm³/mol. The molecule has 0 aromatic heterocycles. The van der Waals surface area contributed by atoms with Crippen LogP contribution in [0.15, 0.2) is 12.1 Å². The maximum atomic E-state index is 14.4. The number of hydrogen-bond donors (Lipinski definition) is 1. The van der Waals surface area contributed by atoms with Gasteiger partial charge in [-0.2, -0.15) is 0 Å². The maximum absolute atomic E-state index is 14.4. The predicted octanol–water partition coefficient (Wildman–Crippen LogP) is 2.99. The zero-order chi connectivity index (χ0) is 17.5. The van der Waals surface area contributed by atoms with E-state index in [-0.39, 0.29) is 17.4 Å². The van der Waals surface area contributed by atoms with E-state index < -0.39 is 28.9 Å². The summed E-state index contributed by atoms with van der Waals surface area (Å²) in [5.74, 6) is -2.56. The van der Waals surface area contributed by atoms with Gasteiger partial charge in [-0.1, -0.05) is 13.3 Å². The minimum atomic E-state index is -0.969. The lowest BCUT2D eigenvalue weighted by molar-refractivity contribution is -0.0609. The Bertz CT molecular complexity index is 651. The quantitative estimate of drug-likeness (QED) is 0.921. The van der Waals surface area contributed by atoms with E-state index in [2.05, 4.69) is 0 Å². The Hall–Kier alpha value is -1.69. The Kier molecular flexibility index (Phi) is 4.51.